The van der Waals surface area contributed by atoms with Crippen molar-refractivity contribution in [2.24, 2.45) is 0 Å². The molecule has 0 unspecified atom stereocenters. The van der Waals surface area contributed by atoms with Gasteiger partial charge in [-0.15, -0.1) is 0 Å². The Labute approximate surface area is 95.9 Å². The third-order valence-electron chi connectivity index (χ3n) is 1.73. The van der Waals surface area contributed by atoms with Gasteiger partial charge in [-0.2, -0.15) is 0 Å². The molecule has 5 heteroatoms. The summed E-state index contributed by atoms with van der Waals surface area (Å²) in [6.45, 7) is 3.92. The van der Waals surface area contributed by atoms with Crippen LogP contribution in [0, 0.1) is 0 Å². The molecule has 0 spiro atoms. The molecule has 1 rings (SSSR count). The van der Waals surface area contributed by atoms with Crippen molar-refractivity contribution < 1.29 is 9.90 Å². The molecule has 0 aliphatic rings. The van der Waals surface area contributed by atoms with Crippen molar-refractivity contribution in [3.63, 3.8) is 0 Å². The van der Waals surface area contributed by atoms with E-state index < -0.39 is 0 Å². The second-order valence-corrected chi connectivity index (χ2v) is 4.10. The molecule has 1 aromatic rings. The Hall–Kier alpha value is -1.49. The normalized spacial score (nSPS) is 9.67. The number of anilines is 1. The van der Waals surface area contributed by atoms with Crippen LogP contribution in [0.5, 0.6) is 5.75 Å². The molecule has 0 aliphatic heterocycles. The summed E-state index contributed by atoms with van der Waals surface area (Å²) in [6, 6.07) is 4.34. The number of nitrogen functional groups attached to an aromatic ring is 1. The van der Waals surface area contributed by atoms with Crippen molar-refractivity contribution in [2.75, 3.05) is 12.3 Å². The highest BCUT2D eigenvalue weighted by atomic mass is 79.9. The Morgan fingerprint density at radius 2 is 2.27 bits per heavy atom. The van der Waals surface area contributed by atoms with Crippen LogP contribution in [0.25, 0.3) is 0 Å². The highest BCUT2D eigenvalue weighted by molar-refractivity contribution is 9.11. The van der Waals surface area contributed by atoms with Crippen molar-refractivity contribution in [2.45, 2.75) is 0 Å². The standard InChI is InChI=1S/C10H11BrN2O2/c1-6(11)5-13-10(15)7-2-3-8(12)9(14)4-7/h2-4,14H,1,5,12H2,(H,13,15). The van der Waals surface area contributed by atoms with Gasteiger partial charge in [-0.05, 0) is 18.2 Å². The summed E-state index contributed by atoms with van der Waals surface area (Å²) in [5.41, 5.74) is 6.01. The molecular weight excluding hydrogens is 260 g/mol. The number of carbonyl (C=O) groups excluding carboxylic acids is 1. The van der Waals surface area contributed by atoms with Gasteiger partial charge in [-0.25, -0.2) is 0 Å². The van der Waals surface area contributed by atoms with Gasteiger partial charge in [0.15, 0.2) is 0 Å². The molecule has 0 aliphatic carbocycles. The third-order valence-corrected chi connectivity index (χ3v) is 2.01. The fourth-order valence-electron chi connectivity index (χ4n) is 0.963. The summed E-state index contributed by atoms with van der Waals surface area (Å²) in [4.78, 5) is 11.5. The molecule has 0 aromatic heterocycles. The molecule has 15 heavy (non-hydrogen) atoms. The molecule has 0 bridgehead atoms. The average Bonchev–Trinajstić information content (AvgIpc) is 2.18. The van der Waals surface area contributed by atoms with Gasteiger partial charge in [0.05, 0.1) is 5.69 Å². The van der Waals surface area contributed by atoms with Crippen molar-refractivity contribution >= 4 is 27.5 Å². The molecule has 0 atom stereocenters. The predicted molar refractivity (Wildman–Crippen MR) is 62.9 cm³/mol. The Morgan fingerprint density at radius 3 is 2.80 bits per heavy atom. The number of nitrogens with one attached hydrogen (secondary N) is 1. The van der Waals surface area contributed by atoms with Gasteiger partial charge < -0.3 is 16.2 Å². The minimum atomic E-state index is -0.286. The van der Waals surface area contributed by atoms with Gasteiger partial charge in [0.25, 0.3) is 5.91 Å². The minimum Gasteiger partial charge on any atom is -0.506 e. The molecule has 1 amide bonds. The molecule has 0 saturated heterocycles. The SMILES string of the molecule is C=C(Br)CNC(=O)c1ccc(N)c(O)c1. The van der Waals surface area contributed by atoms with E-state index in [4.69, 9.17) is 5.73 Å². The summed E-state index contributed by atoms with van der Waals surface area (Å²) in [6.07, 6.45) is 0. The number of aromatic hydroxyl groups is 1. The zero-order valence-corrected chi connectivity index (χ0v) is 9.54. The van der Waals surface area contributed by atoms with Crippen LogP contribution >= 0.6 is 15.9 Å². The highest BCUT2D eigenvalue weighted by Crippen LogP contribution is 2.20. The van der Waals surface area contributed by atoms with Gasteiger partial charge in [-0.1, -0.05) is 22.5 Å². The van der Waals surface area contributed by atoms with Crippen molar-refractivity contribution in [1.29, 1.82) is 0 Å². The number of benzene rings is 1. The summed E-state index contributed by atoms with van der Waals surface area (Å²) < 4.78 is 0.676. The summed E-state index contributed by atoms with van der Waals surface area (Å²) in [5, 5.41) is 11.9. The summed E-state index contributed by atoms with van der Waals surface area (Å²) >= 11 is 3.12. The van der Waals surface area contributed by atoms with Crippen LogP contribution < -0.4 is 11.1 Å². The monoisotopic (exact) mass is 270 g/mol. The van der Waals surface area contributed by atoms with Crippen molar-refractivity contribution in [3.05, 3.63) is 34.8 Å². The molecule has 4 N–H and O–H groups in total. The molecule has 0 saturated carbocycles. The van der Waals surface area contributed by atoms with Gasteiger partial charge in [0.2, 0.25) is 0 Å². The minimum absolute atomic E-state index is 0.0969. The number of rotatable bonds is 3. The van der Waals surface area contributed by atoms with Crippen LogP contribution in [0.3, 0.4) is 0 Å². The number of carbonyl (C=O) groups is 1. The van der Waals surface area contributed by atoms with E-state index in [0.717, 1.165) is 0 Å². The predicted octanol–water partition coefficient (Wildman–Crippen LogP) is 1.61. The second-order valence-electron chi connectivity index (χ2n) is 2.97. The Kier molecular flexibility index (Phi) is 3.74. The molecular formula is C10H11BrN2O2. The van der Waals surface area contributed by atoms with Crippen molar-refractivity contribution in [1.82, 2.24) is 5.32 Å². The van der Waals surface area contributed by atoms with Gasteiger partial charge >= 0.3 is 0 Å². The number of halogens is 1. The second kappa shape index (κ2) is 4.84. The average molecular weight is 271 g/mol. The third kappa shape index (κ3) is 3.28. The van der Waals surface area contributed by atoms with Crippen LogP contribution in [0.2, 0.25) is 0 Å². The summed E-state index contributed by atoms with van der Waals surface area (Å²) in [5.74, 6) is -0.383. The molecule has 0 fully saturated rings. The maximum Gasteiger partial charge on any atom is 0.251 e. The Balaban J connectivity index is 2.74. The van der Waals surface area contributed by atoms with Crippen molar-refractivity contribution in [3.8, 4) is 5.75 Å². The van der Waals surface area contributed by atoms with E-state index in [1.54, 1.807) is 6.07 Å². The first kappa shape index (κ1) is 11.6. The van der Waals surface area contributed by atoms with Crippen LogP contribution in [-0.4, -0.2) is 17.6 Å². The number of nitrogens with two attached hydrogens (primary N) is 1. The Bertz CT molecular complexity index is 404. The molecule has 4 nitrogen and oxygen atoms in total. The smallest absolute Gasteiger partial charge is 0.251 e. The zero-order chi connectivity index (χ0) is 11.4. The molecule has 1 aromatic carbocycles. The van der Waals surface area contributed by atoms with E-state index in [2.05, 4.69) is 27.8 Å². The Morgan fingerprint density at radius 1 is 1.60 bits per heavy atom. The molecule has 0 radical (unpaired) electrons. The number of hydrogen-bond donors (Lipinski definition) is 3. The fourth-order valence-corrected chi connectivity index (χ4v) is 1.10. The van der Waals surface area contributed by atoms with E-state index in [1.807, 2.05) is 0 Å². The first-order valence-corrected chi connectivity index (χ1v) is 5.00. The highest BCUT2D eigenvalue weighted by Gasteiger charge is 2.07. The fraction of sp³-hybridized carbons (Fsp3) is 0.100. The van der Waals surface area contributed by atoms with E-state index >= 15 is 0 Å². The van der Waals surface area contributed by atoms with E-state index in [-0.39, 0.29) is 17.3 Å². The quantitative estimate of drug-likeness (QED) is 0.577. The number of phenolic OH excluding ortho intramolecular Hbond substituents is 1. The van der Waals surface area contributed by atoms with Gasteiger partial charge in [0.1, 0.15) is 5.75 Å². The maximum atomic E-state index is 11.5. The zero-order valence-electron chi connectivity index (χ0n) is 7.96. The maximum absolute atomic E-state index is 11.5. The topological polar surface area (TPSA) is 75.4 Å². The first-order valence-electron chi connectivity index (χ1n) is 4.20. The largest absolute Gasteiger partial charge is 0.506 e. The number of hydrogen-bond acceptors (Lipinski definition) is 3. The van der Waals surface area contributed by atoms with Crippen LogP contribution in [0.15, 0.2) is 29.3 Å². The lowest BCUT2D eigenvalue weighted by atomic mass is 10.2. The lowest BCUT2D eigenvalue weighted by Crippen LogP contribution is -2.24. The van der Waals surface area contributed by atoms with E-state index in [0.29, 0.717) is 16.6 Å². The lowest BCUT2D eigenvalue weighted by Gasteiger charge is -2.05. The van der Waals surface area contributed by atoms with Gasteiger partial charge in [-0.3, -0.25) is 4.79 Å². The molecule has 0 heterocycles. The lowest BCUT2D eigenvalue weighted by molar-refractivity contribution is 0.0957. The molecule has 80 valence electrons. The van der Waals surface area contributed by atoms with Gasteiger partial charge in [0, 0.05) is 16.6 Å². The van der Waals surface area contributed by atoms with E-state index in [9.17, 15) is 9.90 Å². The van der Waals surface area contributed by atoms with Crippen LogP contribution in [0.1, 0.15) is 10.4 Å². The van der Waals surface area contributed by atoms with Crippen LogP contribution in [0.4, 0.5) is 5.69 Å². The van der Waals surface area contributed by atoms with E-state index in [1.165, 1.54) is 12.1 Å². The van der Waals surface area contributed by atoms with Crippen LogP contribution in [-0.2, 0) is 0 Å². The number of amides is 1. The number of phenols is 1. The summed E-state index contributed by atoms with van der Waals surface area (Å²) in [7, 11) is 0. The first-order chi connectivity index (χ1) is 7.00.